The highest BCUT2D eigenvalue weighted by Crippen LogP contribution is 2.42. The number of hydrogen-bond acceptors (Lipinski definition) is 4. The Morgan fingerprint density at radius 3 is 2.11 bits per heavy atom. The van der Waals surface area contributed by atoms with E-state index in [1.165, 1.54) is 11.8 Å². The number of amides is 2. The first-order valence-electron chi connectivity index (χ1n) is 10.3. The van der Waals surface area contributed by atoms with Gasteiger partial charge in [0, 0.05) is 10.6 Å². The van der Waals surface area contributed by atoms with Gasteiger partial charge in [-0.15, -0.1) is 11.8 Å². The van der Waals surface area contributed by atoms with E-state index in [9.17, 15) is 19.5 Å². The molecule has 0 aliphatic heterocycles. The van der Waals surface area contributed by atoms with Crippen molar-refractivity contribution in [3.05, 3.63) is 84.8 Å². The standard InChI is InChI=1S/C24H17Cl5N2O4S/c1-2-15(22(32)31-14-9-4-3-8-13(14)25)36-12-7-5-6-11(10-12)30-23(33)16-17(24(34)35)19(27)21(29)20(28)18(16)26/h3-10,15H,2H2,1H3,(H,30,33)(H,31,32)(H,34,35). The normalized spacial score (nSPS) is 11.6. The Kier molecular flexibility index (Phi) is 9.80. The second-order valence-corrected chi connectivity index (χ2v) is 10.5. The molecule has 0 saturated heterocycles. The minimum Gasteiger partial charge on any atom is -0.478 e. The molecule has 0 bridgehead atoms. The van der Waals surface area contributed by atoms with Gasteiger partial charge in [0.2, 0.25) is 5.91 Å². The summed E-state index contributed by atoms with van der Waals surface area (Å²) in [6.07, 6.45) is 0.525. The van der Waals surface area contributed by atoms with Crippen molar-refractivity contribution < 1.29 is 19.5 Å². The van der Waals surface area contributed by atoms with Crippen molar-refractivity contribution >= 4 is 98.9 Å². The second kappa shape index (κ2) is 12.4. The van der Waals surface area contributed by atoms with Gasteiger partial charge < -0.3 is 15.7 Å². The van der Waals surface area contributed by atoms with E-state index in [1.54, 1.807) is 48.5 Å². The lowest BCUT2D eigenvalue weighted by atomic mass is 10.1. The Bertz CT molecular complexity index is 1350. The first-order chi connectivity index (χ1) is 17.0. The van der Waals surface area contributed by atoms with Crippen molar-refractivity contribution in [2.45, 2.75) is 23.5 Å². The zero-order valence-electron chi connectivity index (χ0n) is 18.4. The number of para-hydroxylation sites is 1. The van der Waals surface area contributed by atoms with E-state index in [4.69, 9.17) is 58.0 Å². The van der Waals surface area contributed by atoms with E-state index < -0.39 is 33.3 Å². The smallest absolute Gasteiger partial charge is 0.338 e. The number of halogens is 5. The Balaban J connectivity index is 1.82. The molecule has 1 atom stereocenters. The van der Waals surface area contributed by atoms with E-state index in [2.05, 4.69) is 10.6 Å². The predicted molar refractivity (Wildman–Crippen MR) is 148 cm³/mol. The zero-order chi connectivity index (χ0) is 26.6. The molecule has 188 valence electrons. The van der Waals surface area contributed by atoms with Gasteiger partial charge in [-0.25, -0.2) is 4.79 Å². The summed E-state index contributed by atoms with van der Waals surface area (Å²) < 4.78 is 0. The molecule has 3 rings (SSSR count). The van der Waals surface area contributed by atoms with Crippen LogP contribution < -0.4 is 10.6 Å². The number of benzene rings is 3. The van der Waals surface area contributed by atoms with Gasteiger partial charge in [-0.05, 0) is 36.8 Å². The Morgan fingerprint density at radius 2 is 1.50 bits per heavy atom. The Labute approximate surface area is 236 Å². The number of aromatic carboxylic acids is 1. The van der Waals surface area contributed by atoms with Crippen molar-refractivity contribution in [3.63, 3.8) is 0 Å². The summed E-state index contributed by atoms with van der Waals surface area (Å²) in [7, 11) is 0. The van der Waals surface area contributed by atoms with Crippen molar-refractivity contribution in [2.75, 3.05) is 10.6 Å². The third-order valence-corrected chi connectivity index (χ3v) is 8.36. The summed E-state index contributed by atoms with van der Waals surface area (Å²) in [5, 5.41) is 13.7. The van der Waals surface area contributed by atoms with Crippen LogP contribution >= 0.6 is 69.8 Å². The molecular formula is C24H17Cl5N2O4S. The summed E-state index contributed by atoms with van der Waals surface area (Å²) in [6, 6.07) is 13.6. The number of anilines is 2. The second-order valence-electron chi connectivity index (χ2n) is 7.28. The van der Waals surface area contributed by atoms with E-state index in [0.29, 0.717) is 27.7 Å². The number of thioether (sulfide) groups is 1. The first-order valence-corrected chi connectivity index (χ1v) is 13.0. The summed E-state index contributed by atoms with van der Waals surface area (Å²) in [5.41, 5.74) is -0.148. The van der Waals surface area contributed by atoms with Gasteiger partial charge >= 0.3 is 5.97 Å². The molecule has 3 aromatic carbocycles. The van der Waals surface area contributed by atoms with Crippen molar-refractivity contribution in [2.24, 2.45) is 0 Å². The fourth-order valence-electron chi connectivity index (χ4n) is 3.15. The van der Waals surface area contributed by atoms with Gasteiger partial charge in [0.15, 0.2) is 0 Å². The zero-order valence-corrected chi connectivity index (χ0v) is 23.0. The minimum atomic E-state index is -1.50. The highest BCUT2D eigenvalue weighted by atomic mass is 35.5. The SMILES string of the molecule is CCC(Sc1cccc(NC(=O)c2c(Cl)c(Cl)c(Cl)c(Cl)c2C(=O)O)c1)C(=O)Nc1ccccc1Cl. The van der Waals surface area contributed by atoms with Crippen molar-refractivity contribution in [1.82, 2.24) is 0 Å². The van der Waals surface area contributed by atoms with Crippen LogP contribution in [0.15, 0.2) is 53.4 Å². The summed E-state index contributed by atoms with van der Waals surface area (Å²) in [6.45, 7) is 1.87. The van der Waals surface area contributed by atoms with E-state index >= 15 is 0 Å². The van der Waals surface area contributed by atoms with Gasteiger partial charge in [0.05, 0.1) is 47.2 Å². The van der Waals surface area contributed by atoms with Crippen LogP contribution in [0, 0.1) is 0 Å². The fraction of sp³-hybridized carbons (Fsp3) is 0.125. The maximum atomic E-state index is 13.0. The monoisotopic (exact) mass is 604 g/mol. The lowest BCUT2D eigenvalue weighted by Crippen LogP contribution is -2.24. The lowest BCUT2D eigenvalue weighted by molar-refractivity contribution is -0.115. The molecule has 0 spiro atoms. The van der Waals surface area contributed by atoms with Crippen LogP contribution in [0.25, 0.3) is 0 Å². The largest absolute Gasteiger partial charge is 0.478 e. The molecule has 0 radical (unpaired) electrons. The summed E-state index contributed by atoms with van der Waals surface area (Å²) in [4.78, 5) is 38.3. The third kappa shape index (κ3) is 6.40. The quantitative estimate of drug-likeness (QED) is 0.136. The number of carboxylic acids is 1. The molecule has 1 unspecified atom stereocenters. The van der Waals surface area contributed by atoms with Gasteiger partial charge in [-0.2, -0.15) is 0 Å². The molecule has 12 heteroatoms. The Hall–Kier alpha value is -2.13. The van der Waals surface area contributed by atoms with Gasteiger partial charge in [0.1, 0.15) is 0 Å². The average Bonchev–Trinajstić information content (AvgIpc) is 2.84. The molecule has 0 aromatic heterocycles. The molecule has 6 nitrogen and oxygen atoms in total. The van der Waals surface area contributed by atoms with Crippen LogP contribution in [0.1, 0.15) is 34.1 Å². The molecule has 0 heterocycles. The fourth-order valence-corrected chi connectivity index (χ4v) is 5.36. The van der Waals surface area contributed by atoms with E-state index in [-0.39, 0.29) is 21.0 Å². The number of rotatable bonds is 8. The summed E-state index contributed by atoms with van der Waals surface area (Å²) >= 11 is 31.6. The molecule has 0 fully saturated rings. The highest BCUT2D eigenvalue weighted by Gasteiger charge is 2.29. The molecule has 3 aromatic rings. The third-order valence-electron chi connectivity index (χ3n) is 4.87. The first kappa shape index (κ1) is 28.4. The topological polar surface area (TPSA) is 95.5 Å². The Morgan fingerprint density at radius 1 is 0.861 bits per heavy atom. The molecule has 0 aliphatic carbocycles. The number of hydrogen-bond donors (Lipinski definition) is 3. The van der Waals surface area contributed by atoms with Crippen LogP contribution in [0.3, 0.4) is 0 Å². The maximum absolute atomic E-state index is 13.0. The maximum Gasteiger partial charge on any atom is 0.338 e. The van der Waals surface area contributed by atoms with Gasteiger partial charge in [-0.1, -0.05) is 83.1 Å². The van der Waals surface area contributed by atoms with Crippen LogP contribution in [-0.4, -0.2) is 28.1 Å². The van der Waals surface area contributed by atoms with Gasteiger partial charge in [0.25, 0.3) is 5.91 Å². The summed E-state index contributed by atoms with van der Waals surface area (Å²) in [5.74, 6) is -2.57. The van der Waals surface area contributed by atoms with E-state index in [1.807, 2.05) is 6.92 Å². The van der Waals surface area contributed by atoms with Crippen LogP contribution in [-0.2, 0) is 4.79 Å². The molecule has 2 amide bonds. The lowest BCUT2D eigenvalue weighted by Gasteiger charge is -2.16. The number of nitrogens with one attached hydrogen (secondary N) is 2. The van der Waals surface area contributed by atoms with Gasteiger partial charge in [-0.3, -0.25) is 9.59 Å². The number of carboxylic acid groups (broad SMARTS) is 1. The molecule has 0 saturated carbocycles. The van der Waals surface area contributed by atoms with Crippen molar-refractivity contribution in [3.8, 4) is 0 Å². The van der Waals surface area contributed by atoms with Crippen molar-refractivity contribution in [1.29, 1.82) is 0 Å². The minimum absolute atomic E-state index is 0.228. The number of carbonyl (C=O) groups excluding carboxylic acids is 2. The predicted octanol–water partition coefficient (Wildman–Crippen LogP) is 8.41. The van der Waals surface area contributed by atoms with Crippen LogP contribution in [0.5, 0.6) is 0 Å². The molecule has 0 aliphatic rings. The van der Waals surface area contributed by atoms with E-state index in [0.717, 1.165) is 0 Å². The van der Waals surface area contributed by atoms with Crippen LogP contribution in [0.2, 0.25) is 25.1 Å². The number of carbonyl (C=O) groups is 3. The average molecular weight is 607 g/mol. The molecular weight excluding hydrogens is 590 g/mol. The molecule has 3 N–H and O–H groups in total. The molecule has 36 heavy (non-hydrogen) atoms. The highest BCUT2D eigenvalue weighted by molar-refractivity contribution is 8.00. The van der Waals surface area contributed by atoms with Crippen LogP contribution in [0.4, 0.5) is 11.4 Å².